The fourth-order valence-electron chi connectivity index (χ4n) is 3.08. The van der Waals surface area contributed by atoms with Crippen molar-refractivity contribution in [3.63, 3.8) is 0 Å². The summed E-state index contributed by atoms with van der Waals surface area (Å²) in [6.45, 7) is -1.94. The summed E-state index contributed by atoms with van der Waals surface area (Å²) in [5, 5.41) is -0.180. The van der Waals surface area contributed by atoms with Gasteiger partial charge in [-0.1, -0.05) is 0 Å². The lowest BCUT2D eigenvalue weighted by Crippen LogP contribution is -2.51. The molecule has 0 unspecified atom stereocenters. The quantitative estimate of drug-likeness (QED) is 0.669. The van der Waals surface area contributed by atoms with Gasteiger partial charge in [0.15, 0.2) is 11.2 Å². The second-order valence-corrected chi connectivity index (χ2v) is 5.86. The van der Waals surface area contributed by atoms with E-state index >= 15 is 0 Å². The minimum atomic E-state index is -5.50. The van der Waals surface area contributed by atoms with Gasteiger partial charge in [-0.2, -0.15) is 26.3 Å². The first-order chi connectivity index (χ1) is 11.5. The van der Waals surface area contributed by atoms with Gasteiger partial charge in [0.25, 0.3) is 0 Å². The Kier molecular flexibility index (Phi) is 3.84. The van der Waals surface area contributed by atoms with Crippen LogP contribution in [0.5, 0.6) is 0 Å². The van der Waals surface area contributed by atoms with Crippen LogP contribution in [-0.2, 0) is 0 Å². The van der Waals surface area contributed by atoms with Gasteiger partial charge in [0.1, 0.15) is 11.3 Å². The minimum Gasteiger partial charge on any atom is -0.370 e. The van der Waals surface area contributed by atoms with Crippen molar-refractivity contribution in [2.24, 2.45) is 5.41 Å². The van der Waals surface area contributed by atoms with Gasteiger partial charge >= 0.3 is 12.4 Å². The Bertz CT molecular complexity index is 798. The molecule has 1 aliphatic heterocycles. The van der Waals surface area contributed by atoms with Crippen LogP contribution >= 0.6 is 0 Å². The molecule has 0 aliphatic carbocycles. The Labute approximate surface area is 136 Å². The number of fused-ring (bicyclic) bond motifs is 1. The maximum absolute atomic E-state index is 13.8. The molecule has 2 nitrogen and oxygen atoms in total. The van der Waals surface area contributed by atoms with Crippen LogP contribution < -0.4 is 4.90 Å². The summed E-state index contributed by atoms with van der Waals surface area (Å²) in [7, 11) is 0. The van der Waals surface area contributed by atoms with Crippen molar-refractivity contribution in [3.05, 3.63) is 36.0 Å². The highest BCUT2D eigenvalue weighted by Crippen LogP contribution is 2.56. The molecule has 10 heteroatoms. The van der Waals surface area contributed by atoms with E-state index in [1.807, 2.05) is 0 Å². The van der Waals surface area contributed by atoms with Gasteiger partial charge in [0.2, 0.25) is 0 Å². The van der Waals surface area contributed by atoms with E-state index in [-0.39, 0.29) is 16.6 Å². The first-order valence-corrected chi connectivity index (χ1v) is 7.08. The number of benzene rings is 1. The van der Waals surface area contributed by atoms with Crippen molar-refractivity contribution in [2.75, 3.05) is 18.0 Å². The largest absolute Gasteiger partial charge is 0.404 e. The third-order valence-electron chi connectivity index (χ3n) is 4.44. The molecular formula is C15H10F8N2. The second kappa shape index (κ2) is 5.43. The third-order valence-corrected chi connectivity index (χ3v) is 4.44. The molecule has 0 amide bonds. The van der Waals surface area contributed by atoms with E-state index in [0.29, 0.717) is 6.07 Å². The minimum absolute atomic E-state index is 0.126. The van der Waals surface area contributed by atoms with Crippen LogP contribution in [0.25, 0.3) is 10.9 Å². The fourth-order valence-corrected chi connectivity index (χ4v) is 3.08. The molecule has 0 saturated carbocycles. The molecule has 1 saturated heterocycles. The van der Waals surface area contributed by atoms with Gasteiger partial charge in [0.05, 0.1) is 0 Å². The SMILES string of the molecule is Fc1cc(F)c2nccc(N3CCC(C(F)(F)F)(C(F)(F)F)C3)c2c1. The highest BCUT2D eigenvalue weighted by atomic mass is 19.4. The summed E-state index contributed by atoms with van der Waals surface area (Å²) in [4.78, 5) is 4.51. The van der Waals surface area contributed by atoms with Crippen LogP contribution in [0.4, 0.5) is 40.8 Å². The molecule has 1 fully saturated rings. The number of rotatable bonds is 1. The predicted molar refractivity (Wildman–Crippen MR) is 73.0 cm³/mol. The topological polar surface area (TPSA) is 16.1 Å². The number of halogens is 8. The van der Waals surface area contributed by atoms with Crippen molar-refractivity contribution in [2.45, 2.75) is 18.8 Å². The zero-order valence-corrected chi connectivity index (χ0v) is 12.3. The van der Waals surface area contributed by atoms with E-state index in [1.165, 1.54) is 0 Å². The van der Waals surface area contributed by atoms with Crippen LogP contribution in [0.2, 0.25) is 0 Å². The summed E-state index contributed by atoms with van der Waals surface area (Å²) in [5.74, 6) is -2.05. The van der Waals surface area contributed by atoms with Gasteiger partial charge < -0.3 is 4.90 Å². The monoisotopic (exact) mass is 370 g/mol. The molecule has 0 bridgehead atoms. The Morgan fingerprint density at radius 2 is 1.64 bits per heavy atom. The molecule has 3 rings (SSSR count). The van der Waals surface area contributed by atoms with Gasteiger partial charge in [-0.05, 0) is 18.6 Å². The fraction of sp³-hybridized carbons (Fsp3) is 0.400. The number of pyridine rings is 1. The molecule has 25 heavy (non-hydrogen) atoms. The van der Waals surface area contributed by atoms with Crippen LogP contribution in [0.1, 0.15) is 6.42 Å². The molecule has 0 atom stereocenters. The van der Waals surface area contributed by atoms with Gasteiger partial charge in [0, 0.05) is 36.4 Å². The van der Waals surface area contributed by atoms with Crippen LogP contribution in [0.15, 0.2) is 24.4 Å². The van der Waals surface area contributed by atoms with Crippen LogP contribution in [0.3, 0.4) is 0 Å². The molecule has 2 heterocycles. The number of aromatic nitrogens is 1. The van der Waals surface area contributed by atoms with E-state index < -0.39 is 48.9 Å². The lowest BCUT2D eigenvalue weighted by Gasteiger charge is -2.34. The summed E-state index contributed by atoms with van der Waals surface area (Å²) in [6, 6.07) is 2.52. The molecule has 1 aliphatic rings. The van der Waals surface area contributed by atoms with E-state index in [2.05, 4.69) is 4.98 Å². The second-order valence-electron chi connectivity index (χ2n) is 5.86. The number of anilines is 1. The molecule has 0 spiro atoms. The number of hydrogen-bond donors (Lipinski definition) is 0. The Morgan fingerprint density at radius 3 is 2.20 bits per heavy atom. The average molecular weight is 370 g/mol. The lowest BCUT2D eigenvalue weighted by molar-refractivity contribution is -0.332. The summed E-state index contributed by atoms with van der Waals surface area (Å²) < 4.78 is 106. The molecule has 136 valence electrons. The number of nitrogens with zero attached hydrogens (tertiary/aromatic N) is 2. The number of alkyl halides is 6. The number of hydrogen-bond acceptors (Lipinski definition) is 2. The summed E-state index contributed by atoms with van der Waals surface area (Å²) in [6.07, 6.45) is -11.1. The Balaban J connectivity index is 2.10. The molecular weight excluding hydrogens is 360 g/mol. The maximum Gasteiger partial charge on any atom is 0.404 e. The van der Waals surface area contributed by atoms with Gasteiger partial charge in [-0.15, -0.1) is 0 Å². The van der Waals surface area contributed by atoms with Crippen LogP contribution in [0, 0.1) is 17.0 Å². The van der Waals surface area contributed by atoms with Crippen molar-refractivity contribution in [3.8, 4) is 0 Å². The van der Waals surface area contributed by atoms with E-state index in [4.69, 9.17) is 0 Å². The Morgan fingerprint density at radius 1 is 1.00 bits per heavy atom. The van der Waals surface area contributed by atoms with Gasteiger partial charge in [-0.3, -0.25) is 4.98 Å². The highest BCUT2D eigenvalue weighted by molar-refractivity contribution is 5.92. The highest BCUT2D eigenvalue weighted by Gasteiger charge is 2.72. The van der Waals surface area contributed by atoms with Crippen molar-refractivity contribution in [1.82, 2.24) is 4.98 Å². The zero-order valence-electron chi connectivity index (χ0n) is 12.3. The summed E-state index contributed by atoms with van der Waals surface area (Å²) in [5.41, 5.74) is -4.34. The van der Waals surface area contributed by atoms with E-state index in [0.717, 1.165) is 23.2 Å². The lowest BCUT2D eigenvalue weighted by atomic mass is 9.85. The van der Waals surface area contributed by atoms with E-state index in [1.54, 1.807) is 0 Å². The molecule has 1 aromatic heterocycles. The predicted octanol–water partition coefficient (Wildman–Crippen LogP) is 4.83. The normalized spacial score (nSPS) is 18.2. The van der Waals surface area contributed by atoms with Crippen molar-refractivity contribution in [1.29, 1.82) is 0 Å². The average Bonchev–Trinajstić information content (AvgIpc) is 2.92. The first-order valence-electron chi connectivity index (χ1n) is 7.08. The van der Waals surface area contributed by atoms with Gasteiger partial charge in [-0.25, -0.2) is 8.78 Å². The molecule has 1 aromatic carbocycles. The molecule has 0 N–H and O–H groups in total. The van der Waals surface area contributed by atoms with Crippen molar-refractivity contribution >= 4 is 16.6 Å². The standard InChI is InChI=1S/C15H10F8N2/c16-8-5-9-11(1-3-24-12(9)10(17)6-8)25-4-2-13(7-25,14(18,19)20)15(21,22)23/h1,3,5-6H,2,4,7H2. The smallest absolute Gasteiger partial charge is 0.370 e. The molecule has 2 aromatic rings. The maximum atomic E-state index is 13.8. The van der Waals surface area contributed by atoms with Crippen LogP contribution in [-0.4, -0.2) is 30.4 Å². The first kappa shape index (κ1) is 17.7. The van der Waals surface area contributed by atoms with Crippen molar-refractivity contribution < 1.29 is 35.1 Å². The molecule has 0 radical (unpaired) electrons. The summed E-state index contributed by atoms with van der Waals surface area (Å²) >= 11 is 0. The zero-order chi connectivity index (χ0) is 18.6. The third kappa shape index (κ3) is 2.67. The van der Waals surface area contributed by atoms with E-state index in [9.17, 15) is 35.1 Å². The Hall–Kier alpha value is -2.13.